The molecule has 1 aromatic heterocycles. The summed E-state index contributed by atoms with van der Waals surface area (Å²) in [4.78, 5) is 42.1. The zero-order valence-electron chi connectivity index (χ0n) is 18.0. The summed E-state index contributed by atoms with van der Waals surface area (Å²) >= 11 is 0. The zero-order chi connectivity index (χ0) is 24.3. The van der Waals surface area contributed by atoms with Crippen LogP contribution in [0.4, 0.5) is 13.2 Å². The lowest BCUT2D eigenvalue weighted by molar-refractivity contribution is -0.137. The number of carbonyl (C=O) groups is 3. The van der Waals surface area contributed by atoms with Crippen molar-refractivity contribution in [3.8, 4) is 11.1 Å². The van der Waals surface area contributed by atoms with Crippen LogP contribution in [0, 0.1) is 0 Å². The first-order chi connectivity index (χ1) is 16.2. The molecule has 0 spiro atoms. The molecule has 0 unspecified atom stereocenters. The van der Waals surface area contributed by atoms with Crippen molar-refractivity contribution in [2.24, 2.45) is 0 Å². The lowest BCUT2D eigenvalue weighted by Crippen LogP contribution is -2.27. The Morgan fingerprint density at radius 3 is 2.32 bits per heavy atom. The highest BCUT2D eigenvalue weighted by Crippen LogP contribution is 2.32. The number of aromatic amines is 1. The molecule has 0 saturated carbocycles. The molecule has 0 atom stereocenters. The largest absolute Gasteiger partial charge is 0.454 e. The number of amides is 1. The van der Waals surface area contributed by atoms with Crippen LogP contribution in [0.3, 0.4) is 0 Å². The molecule has 9 heteroatoms. The number of halogens is 3. The minimum Gasteiger partial charge on any atom is -0.454 e. The van der Waals surface area contributed by atoms with Crippen LogP contribution < -0.4 is 0 Å². The number of hydrogen-bond acceptors (Lipinski definition) is 4. The number of H-pyrrole nitrogens is 1. The fraction of sp³-hybridized carbons (Fsp3) is 0.240. The number of esters is 1. The number of alkyl halides is 3. The van der Waals surface area contributed by atoms with Crippen LogP contribution >= 0.6 is 0 Å². The Morgan fingerprint density at radius 1 is 0.971 bits per heavy atom. The van der Waals surface area contributed by atoms with Crippen molar-refractivity contribution in [3.63, 3.8) is 0 Å². The number of ketones is 1. The molecular formula is C25H21F3N2O4. The van der Waals surface area contributed by atoms with E-state index < -0.39 is 30.1 Å². The summed E-state index contributed by atoms with van der Waals surface area (Å²) in [6.45, 7) is 0.809. The second kappa shape index (κ2) is 9.54. The van der Waals surface area contributed by atoms with Crippen molar-refractivity contribution in [1.29, 1.82) is 0 Å². The molecule has 1 N–H and O–H groups in total. The summed E-state index contributed by atoms with van der Waals surface area (Å²) in [6.07, 6.45) is -1.17. The first-order valence-electron chi connectivity index (χ1n) is 10.7. The van der Waals surface area contributed by atoms with Gasteiger partial charge in [0.15, 0.2) is 6.61 Å². The minimum absolute atomic E-state index is 0.119. The highest BCUT2D eigenvalue weighted by atomic mass is 19.4. The SMILES string of the molecule is O=C(COC(=O)c1ccccc1-c1ccc(C(F)(F)F)cc1)c1c[nH]c(C(=O)N2CCCC2)c1. The molecular weight excluding hydrogens is 449 g/mol. The molecule has 0 aliphatic carbocycles. The highest BCUT2D eigenvalue weighted by molar-refractivity contribution is 6.03. The van der Waals surface area contributed by atoms with Gasteiger partial charge in [-0.15, -0.1) is 0 Å². The Bertz CT molecular complexity index is 1210. The number of likely N-dealkylation sites (tertiary alicyclic amines) is 1. The molecule has 1 amide bonds. The Morgan fingerprint density at radius 2 is 1.65 bits per heavy atom. The van der Waals surface area contributed by atoms with Crippen LogP contribution in [0.15, 0.2) is 60.8 Å². The van der Waals surface area contributed by atoms with Gasteiger partial charge in [0.05, 0.1) is 11.1 Å². The normalized spacial score (nSPS) is 13.7. The van der Waals surface area contributed by atoms with Gasteiger partial charge in [0, 0.05) is 24.8 Å². The van der Waals surface area contributed by atoms with Gasteiger partial charge >= 0.3 is 12.1 Å². The van der Waals surface area contributed by atoms with E-state index in [9.17, 15) is 27.6 Å². The molecule has 0 radical (unpaired) electrons. The van der Waals surface area contributed by atoms with Crippen LogP contribution in [0.2, 0.25) is 0 Å². The van der Waals surface area contributed by atoms with Crippen LogP contribution in [-0.4, -0.2) is 47.2 Å². The zero-order valence-corrected chi connectivity index (χ0v) is 18.0. The molecule has 2 aromatic carbocycles. The fourth-order valence-corrected chi connectivity index (χ4v) is 3.81. The van der Waals surface area contributed by atoms with Gasteiger partial charge in [0.1, 0.15) is 5.69 Å². The molecule has 1 aliphatic heterocycles. The Labute approximate surface area is 193 Å². The second-order valence-electron chi connectivity index (χ2n) is 7.92. The first kappa shape index (κ1) is 23.3. The van der Waals surface area contributed by atoms with Gasteiger partial charge in [0.25, 0.3) is 5.91 Å². The molecule has 34 heavy (non-hydrogen) atoms. The quantitative estimate of drug-likeness (QED) is 0.407. The van der Waals surface area contributed by atoms with Crippen molar-refractivity contribution in [1.82, 2.24) is 9.88 Å². The molecule has 2 heterocycles. The number of rotatable bonds is 6. The van der Waals surface area contributed by atoms with E-state index in [2.05, 4.69) is 4.98 Å². The van der Waals surface area contributed by atoms with Crippen molar-refractivity contribution in [2.45, 2.75) is 19.0 Å². The summed E-state index contributed by atoms with van der Waals surface area (Å²) in [5.41, 5.74) is 0.622. The number of Topliss-reactive ketones (excluding diaryl/α,β-unsaturated/α-hetero) is 1. The van der Waals surface area contributed by atoms with Crippen LogP contribution in [0.25, 0.3) is 11.1 Å². The lowest BCUT2D eigenvalue weighted by Gasteiger charge is -2.13. The summed E-state index contributed by atoms with van der Waals surface area (Å²) in [5, 5.41) is 0. The van der Waals surface area contributed by atoms with E-state index in [1.165, 1.54) is 30.5 Å². The van der Waals surface area contributed by atoms with E-state index in [0.29, 0.717) is 29.9 Å². The van der Waals surface area contributed by atoms with E-state index in [-0.39, 0.29) is 17.0 Å². The van der Waals surface area contributed by atoms with Gasteiger partial charge in [0.2, 0.25) is 5.78 Å². The third kappa shape index (κ3) is 5.03. The molecule has 1 fully saturated rings. The molecule has 0 bridgehead atoms. The number of nitrogens with zero attached hydrogens (tertiary/aromatic N) is 1. The lowest BCUT2D eigenvalue weighted by atomic mass is 9.98. The first-order valence-corrected chi connectivity index (χ1v) is 10.7. The fourth-order valence-electron chi connectivity index (χ4n) is 3.81. The number of nitrogens with one attached hydrogen (secondary N) is 1. The maximum atomic E-state index is 12.8. The monoisotopic (exact) mass is 470 g/mol. The van der Waals surface area contributed by atoms with E-state index in [1.54, 1.807) is 23.1 Å². The van der Waals surface area contributed by atoms with E-state index >= 15 is 0 Å². The minimum atomic E-state index is -4.46. The second-order valence-corrected chi connectivity index (χ2v) is 7.92. The van der Waals surface area contributed by atoms with Gasteiger partial charge in [-0.3, -0.25) is 9.59 Å². The summed E-state index contributed by atoms with van der Waals surface area (Å²) in [6, 6.07) is 12.2. The molecule has 1 aliphatic rings. The Balaban J connectivity index is 1.43. The van der Waals surface area contributed by atoms with Gasteiger partial charge in [-0.2, -0.15) is 13.2 Å². The summed E-state index contributed by atoms with van der Waals surface area (Å²) in [7, 11) is 0. The van der Waals surface area contributed by atoms with Gasteiger partial charge < -0.3 is 14.6 Å². The van der Waals surface area contributed by atoms with Crippen LogP contribution in [0.5, 0.6) is 0 Å². The van der Waals surface area contributed by atoms with Crippen molar-refractivity contribution >= 4 is 17.7 Å². The molecule has 6 nitrogen and oxygen atoms in total. The van der Waals surface area contributed by atoms with Crippen LogP contribution in [-0.2, 0) is 10.9 Å². The highest BCUT2D eigenvalue weighted by Gasteiger charge is 2.30. The van der Waals surface area contributed by atoms with Crippen LogP contribution in [0.1, 0.15) is 49.6 Å². The maximum absolute atomic E-state index is 12.8. The smallest absolute Gasteiger partial charge is 0.416 e. The third-order valence-corrected chi connectivity index (χ3v) is 5.63. The third-order valence-electron chi connectivity index (χ3n) is 5.63. The average molecular weight is 470 g/mol. The van der Waals surface area contributed by atoms with Crippen molar-refractivity contribution in [2.75, 3.05) is 19.7 Å². The maximum Gasteiger partial charge on any atom is 0.416 e. The topological polar surface area (TPSA) is 79.5 Å². The summed E-state index contributed by atoms with van der Waals surface area (Å²) < 4.78 is 43.7. The number of aromatic nitrogens is 1. The number of hydrogen-bond donors (Lipinski definition) is 1. The van der Waals surface area contributed by atoms with Gasteiger partial charge in [-0.25, -0.2) is 4.79 Å². The summed E-state index contributed by atoms with van der Waals surface area (Å²) in [5.74, 6) is -1.45. The Hall–Kier alpha value is -3.88. The van der Waals surface area contributed by atoms with E-state index in [0.717, 1.165) is 25.0 Å². The number of benzene rings is 2. The van der Waals surface area contributed by atoms with Gasteiger partial charge in [-0.05, 0) is 48.2 Å². The van der Waals surface area contributed by atoms with Crippen molar-refractivity contribution in [3.05, 3.63) is 83.2 Å². The van der Waals surface area contributed by atoms with Gasteiger partial charge in [-0.1, -0.05) is 30.3 Å². The molecule has 176 valence electrons. The average Bonchev–Trinajstić information content (AvgIpc) is 3.54. The molecule has 4 rings (SSSR count). The number of ether oxygens (including phenoxy) is 1. The standard InChI is InChI=1S/C25H21F3N2O4/c26-25(27,28)18-9-7-16(8-10-18)19-5-1-2-6-20(19)24(33)34-15-22(31)17-13-21(29-14-17)23(32)30-11-3-4-12-30/h1-2,5-10,13-14,29H,3-4,11-12,15H2. The van der Waals surface area contributed by atoms with E-state index in [1.807, 2.05) is 0 Å². The molecule has 1 saturated heterocycles. The Kier molecular flexibility index (Phi) is 6.54. The predicted octanol–water partition coefficient (Wildman–Crippen LogP) is 4.98. The molecule has 3 aromatic rings. The number of carbonyl (C=O) groups excluding carboxylic acids is 3. The van der Waals surface area contributed by atoms with Crippen molar-refractivity contribution < 1.29 is 32.3 Å². The predicted molar refractivity (Wildman–Crippen MR) is 117 cm³/mol. The van der Waals surface area contributed by atoms with E-state index in [4.69, 9.17) is 4.74 Å².